The second-order valence-corrected chi connectivity index (χ2v) is 3.40. The number of urea groups is 1. The zero-order valence-corrected chi connectivity index (χ0v) is 9.38. The van der Waals surface area contributed by atoms with Crippen LogP contribution in [0, 0.1) is 0 Å². The second-order valence-electron chi connectivity index (χ2n) is 3.40. The highest BCUT2D eigenvalue weighted by Crippen LogP contribution is 2.01. The zero-order chi connectivity index (χ0) is 14.1. The SMILES string of the molecule is O=C(O)CCC[C@H](NC(=O)NCC(=O)O)C(=O)O. The lowest BCUT2D eigenvalue weighted by molar-refractivity contribution is -0.140. The van der Waals surface area contributed by atoms with Crippen molar-refractivity contribution in [3.8, 4) is 0 Å². The molecule has 0 unspecified atom stereocenters. The van der Waals surface area contributed by atoms with Crippen molar-refractivity contribution >= 4 is 23.9 Å². The van der Waals surface area contributed by atoms with Crippen LogP contribution < -0.4 is 10.6 Å². The molecule has 0 aliphatic carbocycles. The predicted molar refractivity (Wildman–Crippen MR) is 57.1 cm³/mol. The standard InChI is InChI=1S/C9H14N2O7/c12-6(13)3-1-2-5(8(16)17)11-9(18)10-4-7(14)15/h5H,1-4H2,(H,12,13)(H,14,15)(H,16,17)(H2,10,11,18)/t5-/m0/s1. The van der Waals surface area contributed by atoms with Crippen molar-refractivity contribution in [3.63, 3.8) is 0 Å². The van der Waals surface area contributed by atoms with E-state index in [1.807, 2.05) is 10.6 Å². The maximum atomic E-state index is 11.1. The molecule has 5 N–H and O–H groups in total. The Bertz CT molecular complexity index is 342. The molecule has 0 aliphatic heterocycles. The van der Waals surface area contributed by atoms with E-state index >= 15 is 0 Å². The summed E-state index contributed by atoms with van der Waals surface area (Å²) in [5, 5.41) is 29.4. The molecular weight excluding hydrogens is 248 g/mol. The van der Waals surface area contributed by atoms with E-state index < -0.39 is 36.5 Å². The van der Waals surface area contributed by atoms with Crippen LogP contribution in [0.25, 0.3) is 0 Å². The van der Waals surface area contributed by atoms with Crippen LogP contribution in [0.15, 0.2) is 0 Å². The Balaban J connectivity index is 4.10. The molecule has 1 atom stereocenters. The summed E-state index contributed by atoms with van der Waals surface area (Å²) in [5.41, 5.74) is 0. The fourth-order valence-electron chi connectivity index (χ4n) is 1.08. The van der Waals surface area contributed by atoms with Crippen LogP contribution >= 0.6 is 0 Å². The first kappa shape index (κ1) is 15.7. The van der Waals surface area contributed by atoms with Crippen LogP contribution in [0.3, 0.4) is 0 Å². The van der Waals surface area contributed by atoms with E-state index in [0.29, 0.717) is 0 Å². The molecule has 0 radical (unpaired) electrons. The van der Waals surface area contributed by atoms with Crippen molar-refractivity contribution in [3.05, 3.63) is 0 Å². The molecule has 0 aromatic heterocycles. The van der Waals surface area contributed by atoms with Crippen molar-refractivity contribution in [2.45, 2.75) is 25.3 Å². The number of aliphatic carboxylic acids is 3. The molecule has 0 heterocycles. The van der Waals surface area contributed by atoms with Crippen LogP contribution in [0.4, 0.5) is 4.79 Å². The maximum Gasteiger partial charge on any atom is 0.326 e. The summed E-state index contributed by atoms with van der Waals surface area (Å²) in [6.45, 7) is -0.632. The van der Waals surface area contributed by atoms with Crippen molar-refractivity contribution in [1.29, 1.82) is 0 Å². The zero-order valence-electron chi connectivity index (χ0n) is 9.38. The van der Waals surface area contributed by atoms with Gasteiger partial charge in [-0.2, -0.15) is 0 Å². The van der Waals surface area contributed by atoms with Gasteiger partial charge in [-0.05, 0) is 12.8 Å². The van der Waals surface area contributed by atoms with Gasteiger partial charge in [0.2, 0.25) is 0 Å². The summed E-state index contributed by atoms with van der Waals surface area (Å²) in [6.07, 6.45) is -0.171. The van der Waals surface area contributed by atoms with E-state index in [1.165, 1.54) is 0 Å². The molecule has 0 saturated heterocycles. The highest BCUT2D eigenvalue weighted by Gasteiger charge is 2.19. The minimum Gasteiger partial charge on any atom is -0.481 e. The fraction of sp³-hybridized carbons (Fsp3) is 0.556. The number of carboxylic acids is 3. The Kier molecular flexibility index (Phi) is 6.86. The number of amides is 2. The molecule has 0 rings (SSSR count). The first-order valence-corrected chi connectivity index (χ1v) is 5.03. The van der Waals surface area contributed by atoms with Crippen LogP contribution in [-0.4, -0.2) is 51.8 Å². The predicted octanol–water partition coefficient (Wildman–Crippen LogP) is -0.922. The normalized spacial score (nSPS) is 11.3. The van der Waals surface area contributed by atoms with Crippen LogP contribution in [-0.2, 0) is 14.4 Å². The molecule has 0 spiro atoms. The summed E-state index contributed by atoms with van der Waals surface area (Å²) < 4.78 is 0. The number of hydrogen-bond acceptors (Lipinski definition) is 4. The van der Waals surface area contributed by atoms with Crippen LogP contribution in [0.1, 0.15) is 19.3 Å². The molecule has 0 aliphatic rings. The third kappa shape index (κ3) is 7.91. The summed E-state index contributed by atoms with van der Waals surface area (Å²) >= 11 is 0. The van der Waals surface area contributed by atoms with Crippen molar-refractivity contribution in [1.82, 2.24) is 10.6 Å². The number of carbonyl (C=O) groups excluding carboxylic acids is 1. The molecule has 0 bridgehead atoms. The molecule has 18 heavy (non-hydrogen) atoms. The Morgan fingerprint density at radius 1 is 1.00 bits per heavy atom. The fourth-order valence-corrected chi connectivity index (χ4v) is 1.08. The van der Waals surface area contributed by atoms with E-state index in [2.05, 4.69) is 0 Å². The highest BCUT2D eigenvalue weighted by molar-refractivity contribution is 5.84. The van der Waals surface area contributed by atoms with E-state index in [0.717, 1.165) is 0 Å². The Hall–Kier alpha value is -2.32. The summed E-state index contributed by atoms with van der Waals surface area (Å²) in [4.78, 5) is 42.2. The van der Waals surface area contributed by atoms with Gasteiger partial charge in [0.1, 0.15) is 12.6 Å². The van der Waals surface area contributed by atoms with Gasteiger partial charge >= 0.3 is 23.9 Å². The average Bonchev–Trinajstić information content (AvgIpc) is 2.24. The Morgan fingerprint density at radius 3 is 2.06 bits per heavy atom. The Labute approximate surface area is 102 Å². The van der Waals surface area contributed by atoms with Crippen LogP contribution in [0.2, 0.25) is 0 Å². The van der Waals surface area contributed by atoms with E-state index in [9.17, 15) is 19.2 Å². The van der Waals surface area contributed by atoms with Gasteiger partial charge in [0, 0.05) is 6.42 Å². The summed E-state index contributed by atoms with van der Waals surface area (Å²) in [5.74, 6) is -3.64. The van der Waals surface area contributed by atoms with E-state index in [4.69, 9.17) is 15.3 Å². The van der Waals surface area contributed by atoms with E-state index in [-0.39, 0.29) is 19.3 Å². The molecular formula is C9H14N2O7. The summed E-state index contributed by atoms with van der Waals surface area (Å²) in [7, 11) is 0. The number of nitrogens with one attached hydrogen (secondary N) is 2. The Morgan fingerprint density at radius 2 is 1.61 bits per heavy atom. The lowest BCUT2D eigenvalue weighted by Gasteiger charge is -2.13. The molecule has 0 aromatic rings. The number of rotatable bonds is 8. The maximum absolute atomic E-state index is 11.1. The minimum atomic E-state index is -1.31. The van der Waals surface area contributed by atoms with Crippen molar-refractivity contribution < 1.29 is 34.5 Å². The third-order valence-electron chi connectivity index (χ3n) is 1.89. The second kappa shape index (κ2) is 7.87. The largest absolute Gasteiger partial charge is 0.481 e. The lowest BCUT2D eigenvalue weighted by atomic mass is 10.1. The van der Waals surface area contributed by atoms with Gasteiger partial charge in [0.15, 0.2) is 0 Å². The summed E-state index contributed by atoms with van der Waals surface area (Å²) in [6, 6.07) is -2.18. The monoisotopic (exact) mass is 262 g/mol. The molecule has 2 amide bonds. The van der Waals surface area contributed by atoms with Gasteiger partial charge < -0.3 is 26.0 Å². The lowest BCUT2D eigenvalue weighted by Crippen LogP contribution is -2.47. The number of carbonyl (C=O) groups is 4. The van der Waals surface area contributed by atoms with E-state index in [1.54, 1.807) is 0 Å². The molecule has 0 saturated carbocycles. The van der Waals surface area contributed by atoms with Gasteiger partial charge in [0.05, 0.1) is 0 Å². The average molecular weight is 262 g/mol. The topological polar surface area (TPSA) is 153 Å². The van der Waals surface area contributed by atoms with Gasteiger partial charge in [-0.3, -0.25) is 9.59 Å². The number of carboxylic acid groups (broad SMARTS) is 3. The molecule has 0 aromatic carbocycles. The smallest absolute Gasteiger partial charge is 0.326 e. The van der Waals surface area contributed by atoms with Gasteiger partial charge in [-0.15, -0.1) is 0 Å². The first-order valence-electron chi connectivity index (χ1n) is 5.03. The van der Waals surface area contributed by atoms with Crippen LogP contribution in [0.5, 0.6) is 0 Å². The highest BCUT2D eigenvalue weighted by atomic mass is 16.4. The molecule has 0 fully saturated rings. The minimum absolute atomic E-state index is 0.0534. The molecule has 9 heteroatoms. The van der Waals surface area contributed by atoms with Crippen molar-refractivity contribution in [2.75, 3.05) is 6.54 Å². The molecule has 102 valence electrons. The quantitative estimate of drug-likeness (QED) is 0.379. The van der Waals surface area contributed by atoms with Crippen molar-refractivity contribution in [2.24, 2.45) is 0 Å². The first-order chi connectivity index (χ1) is 8.32. The van der Waals surface area contributed by atoms with Gasteiger partial charge in [-0.25, -0.2) is 9.59 Å². The molecule has 9 nitrogen and oxygen atoms in total. The van der Waals surface area contributed by atoms with Gasteiger partial charge in [0.25, 0.3) is 0 Å². The van der Waals surface area contributed by atoms with Gasteiger partial charge in [-0.1, -0.05) is 0 Å². The number of hydrogen-bond donors (Lipinski definition) is 5. The third-order valence-corrected chi connectivity index (χ3v) is 1.89.